The summed E-state index contributed by atoms with van der Waals surface area (Å²) in [4.78, 5) is 4.31. The SMILES string of the molecule is COC1CNC(c2nc(C(C)OC)no2)C1. The third-order valence-corrected chi connectivity index (χ3v) is 2.90. The van der Waals surface area contributed by atoms with Crippen molar-refractivity contribution in [3.63, 3.8) is 0 Å². The van der Waals surface area contributed by atoms with Gasteiger partial charge in [-0.2, -0.15) is 4.98 Å². The van der Waals surface area contributed by atoms with Crippen LogP contribution in [-0.2, 0) is 9.47 Å². The summed E-state index contributed by atoms with van der Waals surface area (Å²) >= 11 is 0. The van der Waals surface area contributed by atoms with Gasteiger partial charge in [-0.3, -0.25) is 0 Å². The number of ether oxygens (including phenoxy) is 2. The zero-order valence-corrected chi connectivity index (χ0v) is 9.77. The van der Waals surface area contributed by atoms with Crippen molar-refractivity contribution in [1.29, 1.82) is 0 Å². The molecule has 1 aliphatic heterocycles. The fourth-order valence-corrected chi connectivity index (χ4v) is 1.73. The summed E-state index contributed by atoms with van der Waals surface area (Å²) in [6.45, 7) is 2.70. The second-order valence-electron chi connectivity index (χ2n) is 3.92. The minimum absolute atomic E-state index is 0.0928. The van der Waals surface area contributed by atoms with Gasteiger partial charge in [-0.1, -0.05) is 5.16 Å². The Labute approximate surface area is 94.3 Å². The number of hydrogen-bond acceptors (Lipinski definition) is 6. The lowest BCUT2D eigenvalue weighted by molar-refractivity contribution is 0.109. The van der Waals surface area contributed by atoms with Crippen LogP contribution in [-0.4, -0.2) is 37.0 Å². The zero-order chi connectivity index (χ0) is 11.5. The Hall–Kier alpha value is -0.980. The van der Waals surface area contributed by atoms with E-state index < -0.39 is 0 Å². The fourth-order valence-electron chi connectivity index (χ4n) is 1.73. The first kappa shape index (κ1) is 11.5. The maximum atomic E-state index is 5.26. The molecule has 1 aromatic rings. The van der Waals surface area contributed by atoms with Crippen molar-refractivity contribution in [3.8, 4) is 0 Å². The van der Waals surface area contributed by atoms with Crippen LogP contribution in [0.15, 0.2) is 4.52 Å². The molecule has 0 aliphatic carbocycles. The van der Waals surface area contributed by atoms with E-state index in [-0.39, 0.29) is 18.2 Å². The van der Waals surface area contributed by atoms with Crippen molar-refractivity contribution < 1.29 is 14.0 Å². The Morgan fingerprint density at radius 2 is 2.31 bits per heavy atom. The first-order valence-electron chi connectivity index (χ1n) is 5.37. The Morgan fingerprint density at radius 3 is 2.94 bits per heavy atom. The highest BCUT2D eigenvalue weighted by Crippen LogP contribution is 2.24. The van der Waals surface area contributed by atoms with E-state index in [1.165, 1.54) is 0 Å². The monoisotopic (exact) mass is 227 g/mol. The number of nitrogens with zero attached hydrogens (tertiary/aromatic N) is 2. The normalized spacial score (nSPS) is 27.2. The van der Waals surface area contributed by atoms with Crippen molar-refractivity contribution in [1.82, 2.24) is 15.5 Å². The van der Waals surface area contributed by atoms with Gasteiger partial charge in [0.25, 0.3) is 0 Å². The lowest BCUT2D eigenvalue weighted by Gasteiger charge is -2.04. The summed E-state index contributed by atoms with van der Waals surface area (Å²) in [5, 5.41) is 7.17. The molecular weight excluding hydrogens is 210 g/mol. The molecule has 3 atom stereocenters. The number of nitrogens with one attached hydrogen (secondary N) is 1. The topological polar surface area (TPSA) is 69.4 Å². The van der Waals surface area contributed by atoms with Gasteiger partial charge in [-0.05, 0) is 13.3 Å². The minimum Gasteiger partial charge on any atom is -0.380 e. The van der Waals surface area contributed by atoms with Crippen molar-refractivity contribution in [2.24, 2.45) is 0 Å². The molecule has 16 heavy (non-hydrogen) atoms. The van der Waals surface area contributed by atoms with Gasteiger partial charge in [-0.15, -0.1) is 0 Å². The van der Waals surface area contributed by atoms with Crippen molar-refractivity contribution in [2.75, 3.05) is 20.8 Å². The zero-order valence-electron chi connectivity index (χ0n) is 9.77. The molecule has 0 aromatic carbocycles. The molecule has 1 saturated heterocycles. The third-order valence-electron chi connectivity index (χ3n) is 2.90. The number of rotatable bonds is 4. The second kappa shape index (κ2) is 4.90. The molecule has 2 rings (SSSR count). The first-order valence-corrected chi connectivity index (χ1v) is 5.37. The van der Waals surface area contributed by atoms with Crippen molar-refractivity contribution in [2.45, 2.75) is 31.6 Å². The first-order chi connectivity index (χ1) is 7.74. The highest BCUT2D eigenvalue weighted by atomic mass is 16.5. The molecule has 1 fully saturated rings. The lowest BCUT2D eigenvalue weighted by Crippen LogP contribution is -2.16. The smallest absolute Gasteiger partial charge is 0.243 e. The van der Waals surface area contributed by atoms with Crippen LogP contribution in [0, 0.1) is 0 Å². The van der Waals surface area contributed by atoms with E-state index in [1.807, 2.05) is 6.92 Å². The van der Waals surface area contributed by atoms with E-state index in [0.29, 0.717) is 11.7 Å². The maximum Gasteiger partial charge on any atom is 0.243 e. The highest BCUT2D eigenvalue weighted by molar-refractivity contribution is 4.99. The van der Waals surface area contributed by atoms with E-state index in [0.717, 1.165) is 13.0 Å². The molecule has 0 amide bonds. The van der Waals surface area contributed by atoms with Gasteiger partial charge in [0.1, 0.15) is 6.10 Å². The van der Waals surface area contributed by atoms with Crippen LogP contribution < -0.4 is 5.32 Å². The van der Waals surface area contributed by atoms with Crippen LogP contribution in [0.4, 0.5) is 0 Å². The highest BCUT2D eigenvalue weighted by Gasteiger charge is 2.29. The second-order valence-corrected chi connectivity index (χ2v) is 3.92. The van der Waals surface area contributed by atoms with Crippen LogP contribution in [0.5, 0.6) is 0 Å². The fraction of sp³-hybridized carbons (Fsp3) is 0.800. The standard InChI is InChI=1S/C10H17N3O3/c1-6(14-2)9-12-10(16-13-9)8-4-7(15-3)5-11-8/h6-8,11H,4-5H2,1-3H3. The van der Waals surface area contributed by atoms with Gasteiger partial charge in [0.2, 0.25) is 5.89 Å². The molecule has 90 valence electrons. The molecule has 1 aliphatic rings. The van der Waals surface area contributed by atoms with Gasteiger partial charge in [0.15, 0.2) is 5.82 Å². The molecule has 3 unspecified atom stereocenters. The van der Waals surface area contributed by atoms with Crippen molar-refractivity contribution in [3.05, 3.63) is 11.7 Å². The van der Waals surface area contributed by atoms with E-state index in [4.69, 9.17) is 14.0 Å². The quantitative estimate of drug-likeness (QED) is 0.821. The van der Waals surface area contributed by atoms with E-state index in [2.05, 4.69) is 15.5 Å². The van der Waals surface area contributed by atoms with Crippen LogP contribution in [0.3, 0.4) is 0 Å². The molecule has 1 aromatic heterocycles. The average Bonchev–Trinajstić information content (AvgIpc) is 2.95. The van der Waals surface area contributed by atoms with Gasteiger partial charge >= 0.3 is 0 Å². The predicted molar refractivity (Wildman–Crippen MR) is 55.9 cm³/mol. The Bertz CT molecular complexity index is 342. The molecule has 0 bridgehead atoms. The summed E-state index contributed by atoms with van der Waals surface area (Å²) in [7, 11) is 3.33. The Balaban J connectivity index is 2.02. The molecule has 2 heterocycles. The Kier molecular flexibility index (Phi) is 3.52. The van der Waals surface area contributed by atoms with Crippen LogP contribution in [0.25, 0.3) is 0 Å². The van der Waals surface area contributed by atoms with Crippen LogP contribution in [0.2, 0.25) is 0 Å². The van der Waals surface area contributed by atoms with E-state index in [9.17, 15) is 0 Å². The molecule has 0 radical (unpaired) electrons. The maximum absolute atomic E-state index is 5.26. The molecule has 0 spiro atoms. The molecular formula is C10H17N3O3. The average molecular weight is 227 g/mol. The number of aromatic nitrogens is 2. The van der Waals surface area contributed by atoms with Gasteiger partial charge in [-0.25, -0.2) is 0 Å². The lowest BCUT2D eigenvalue weighted by atomic mass is 10.2. The molecule has 6 nitrogen and oxygen atoms in total. The number of hydrogen-bond donors (Lipinski definition) is 1. The van der Waals surface area contributed by atoms with Gasteiger partial charge in [0.05, 0.1) is 12.1 Å². The summed E-state index contributed by atoms with van der Waals surface area (Å²) in [6, 6.07) is 0.0928. The number of methoxy groups -OCH3 is 2. The summed E-state index contributed by atoms with van der Waals surface area (Å²) < 4.78 is 15.6. The Morgan fingerprint density at radius 1 is 1.50 bits per heavy atom. The van der Waals surface area contributed by atoms with Gasteiger partial charge in [0, 0.05) is 20.8 Å². The van der Waals surface area contributed by atoms with E-state index in [1.54, 1.807) is 14.2 Å². The van der Waals surface area contributed by atoms with Crippen molar-refractivity contribution >= 4 is 0 Å². The molecule has 6 heteroatoms. The summed E-state index contributed by atoms with van der Waals surface area (Å²) in [5.74, 6) is 1.19. The van der Waals surface area contributed by atoms with E-state index >= 15 is 0 Å². The summed E-state index contributed by atoms with van der Waals surface area (Å²) in [5.41, 5.74) is 0. The van der Waals surface area contributed by atoms with Crippen LogP contribution >= 0.6 is 0 Å². The summed E-state index contributed by atoms with van der Waals surface area (Å²) in [6.07, 6.45) is 0.941. The molecule has 0 saturated carbocycles. The molecule has 1 N–H and O–H groups in total. The largest absolute Gasteiger partial charge is 0.380 e. The van der Waals surface area contributed by atoms with Gasteiger partial charge < -0.3 is 19.3 Å². The third kappa shape index (κ3) is 2.23. The predicted octanol–water partition coefficient (Wildman–Crippen LogP) is 0.826. The van der Waals surface area contributed by atoms with Crippen LogP contribution in [0.1, 0.15) is 37.2 Å². The minimum atomic E-state index is -0.142.